The maximum atomic E-state index is 11.3. The number of hydrogen-bond acceptors (Lipinski definition) is 2. The molecule has 2 N–H and O–H groups in total. The van der Waals surface area contributed by atoms with E-state index in [4.69, 9.17) is 17.3 Å². The summed E-state index contributed by atoms with van der Waals surface area (Å²) in [6.07, 6.45) is 0.981. The maximum absolute atomic E-state index is 11.3. The Balaban J connectivity index is 0.000000235. The Morgan fingerprint density at radius 3 is 2.05 bits per heavy atom. The molecule has 2 aromatic carbocycles. The summed E-state index contributed by atoms with van der Waals surface area (Å²) in [5.74, 6) is 0.634. The molecule has 0 heterocycles. The molecule has 0 aliphatic rings. The highest BCUT2D eigenvalue weighted by molar-refractivity contribution is 6.19. The van der Waals surface area contributed by atoms with Gasteiger partial charge in [0, 0.05) is 24.4 Å². The SMILES string of the molecule is Cc1ccccc1CC(=O)CCCl.Cc1ccccc1N. The summed E-state index contributed by atoms with van der Waals surface area (Å²) in [5.41, 5.74) is 9.81. The Bertz CT molecular complexity index is 560. The van der Waals surface area contributed by atoms with E-state index in [-0.39, 0.29) is 5.78 Å². The minimum absolute atomic E-state index is 0.212. The fourth-order valence-electron chi connectivity index (χ4n) is 1.80. The van der Waals surface area contributed by atoms with Gasteiger partial charge in [-0.15, -0.1) is 11.6 Å². The van der Waals surface area contributed by atoms with E-state index in [2.05, 4.69) is 0 Å². The zero-order valence-corrected chi connectivity index (χ0v) is 13.4. The van der Waals surface area contributed by atoms with Crippen molar-refractivity contribution >= 4 is 23.1 Å². The number of anilines is 1. The smallest absolute Gasteiger partial charge is 0.138 e. The normalized spacial score (nSPS) is 9.67. The molecule has 0 saturated heterocycles. The van der Waals surface area contributed by atoms with Crippen LogP contribution in [0.25, 0.3) is 0 Å². The van der Waals surface area contributed by atoms with Crippen LogP contribution in [0.5, 0.6) is 0 Å². The summed E-state index contributed by atoms with van der Waals surface area (Å²) < 4.78 is 0. The number of nitrogens with two attached hydrogens (primary N) is 1. The standard InChI is InChI=1S/C11H13ClO.C7H9N/c1-9-4-2-3-5-10(9)8-11(13)6-7-12;1-6-4-2-3-5-7(6)8/h2-5H,6-8H2,1H3;2-5H,8H2,1H3. The van der Waals surface area contributed by atoms with Gasteiger partial charge in [-0.1, -0.05) is 42.5 Å². The van der Waals surface area contributed by atoms with Gasteiger partial charge in [0.05, 0.1) is 0 Å². The molecule has 0 aliphatic heterocycles. The van der Waals surface area contributed by atoms with Crippen LogP contribution in [0, 0.1) is 13.8 Å². The maximum Gasteiger partial charge on any atom is 0.138 e. The first kappa shape index (κ1) is 17.3. The van der Waals surface area contributed by atoms with Gasteiger partial charge in [0.2, 0.25) is 0 Å². The largest absolute Gasteiger partial charge is 0.399 e. The number of hydrogen-bond donors (Lipinski definition) is 1. The molecule has 0 unspecified atom stereocenters. The van der Waals surface area contributed by atoms with Crippen molar-refractivity contribution in [2.45, 2.75) is 26.7 Å². The lowest BCUT2D eigenvalue weighted by atomic mass is 10.0. The molecule has 0 aromatic heterocycles. The Labute approximate surface area is 131 Å². The van der Waals surface area contributed by atoms with Crippen molar-refractivity contribution in [3.8, 4) is 0 Å². The second-order valence-corrected chi connectivity index (χ2v) is 5.32. The molecule has 112 valence electrons. The minimum atomic E-state index is 0.212. The Morgan fingerprint density at radius 2 is 1.57 bits per heavy atom. The second-order valence-electron chi connectivity index (χ2n) is 4.94. The van der Waals surface area contributed by atoms with E-state index in [1.165, 1.54) is 5.56 Å². The van der Waals surface area contributed by atoms with Crippen molar-refractivity contribution in [1.29, 1.82) is 0 Å². The van der Waals surface area contributed by atoms with Crippen LogP contribution in [0.15, 0.2) is 48.5 Å². The van der Waals surface area contributed by atoms with E-state index >= 15 is 0 Å². The molecule has 0 fully saturated rings. The first-order valence-electron chi connectivity index (χ1n) is 6.98. The lowest BCUT2D eigenvalue weighted by molar-refractivity contribution is -0.118. The molecule has 3 heteroatoms. The van der Waals surface area contributed by atoms with Gasteiger partial charge in [0.25, 0.3) is 0 Å². The number of Topliss-reactive ketones (excluding diaryl/α,β-unsaturated/α-hetero) is 1. The van der Waals surface area contributed by atoms with E-state index in [0.717, 1.165) is 16.8 Å². The van der Waals surface area contributed by atoms with E-state index in [9.17, 15) is 4.79 Å². The lowest BCUT2D eigenvalue weighted by Gasteiger charge is -2.02. The molecule has 0 spiro atoms. The van der Waals surface area contributed by atoms with Crippen molar-refractivity contribution in [2.24, 2.45) is 0 Å². The first-order valence-corrected chi connectivity index (χ1v) is 7.51. The lowest BCUT2D eigenvalue weighted by Crippen LogP contribution is -2.04. The van der Waals surface area contributed by atoms with Gasteiger partial charge < -0.3 is 5.73 Å². The number of nitrogen functional groups attached to an aromatic ring is 1. The summed E-state index contributed by atoms with van der Waals surface area (Å²) in [5, 5.41) is 0. The van der Waals surface area contributed by atoms with Crippen LogP contribution >= 0.6 is 11.6 Å². The minimum Gasteiger partial charge on any atom is -0.399 e. The summed E-state index contributed by atoms with van der Waals surface area (Å²) in [6, 6.07) is 15.7. The number of ketones is 1. The molecular formula is C18H22ClNO. The van der Waals surface area contributed by atoms with E-state index in [1.54, 1.807) is 0 Å². The van der Waals surface area contributed by atoms with Gasteiger partial charge in [-0.05, 0) is 36.6 Å². The summed E-state index contributed by atoms with van der Waals surface area (Å²) in [6.45, 7) is 4.01. The zero-order chi connectivity index (χ0) is 15.7. The number of alkyl halides is 1. The molecule has 0 amide bonds. The van der Waals surface area contributed by atoms with Crippen molar-refractivity contribution in [2.75, 3.05) is 11.6 Å². The number of benzene rings is 2. The van der Waals surface area contributed by atoms with Gasteiger partial charge >= 0.3 is 0 Å². The van der Waals surface area contributed by atoms with Crippen LogP contribution in [-0.4, -0.2) is 11.7 Å². The van der Waals surface area contributed by atoms with Gasteiger partial charge in [0.15, 0.2) is 0 Å². The van der Waals surface area contributed by atoms with Crippen LogP contribution in [0.2, 0.25) is 0 Å². The molecule has 2 nitrogen and oxygen atoms in total. The second kappa shape index (κ2) is 9.19. The van der Waals surface area contributed by atoms with Crippen molar-refractivity contribution < 1.29 is 4.79 Å². The predicted octanol–water partition coefficient (Wildman–Crippen LogP) is 4.31. The van der Waals surface area contributed by atoms with Crippen molar-refractivity contribution in [3.05, 3.63) is 65.2 Å². The predicted molar refractivity (Wildman–Crippen MR) is 90.8 cm³/mol. The Hall–Kier alpha value is -1.80. The highest BCUT2D eigenvalue weighted by atomic mass is 35.5. The van der Waals surface area contributed by atoms with Gasteiger partial charge in [-0.3, -0.25) is 4.79 Å². The first-order chi connectivity index (χ1) is 10.0. The fraction of sp³-hybridized carbons (Fsp3) is 0.278. The molecule has 0 radical (unpaired) electrons. The molecule has 2 rings (SSSR count). The van der Waals surface area contributed by atoms with Crippen LogP contribution in [0.4, 0.5) is 5.69 Å². The number of halogens is 1. The summed E-state index contributed by atoms with van der Waals surface area (Å²) in [4.78, 5) is 11.3. The van der Waals surface area contributed by atoms with Crippen molar-refractivity contribution in [3.63, 3.8) is 0 Å². The molecule has 0 bridgehead atoms. The van der Waals surface area contributed by atoms with Gasteiger partial charge in [-0.25, -0.2) is 0 Å². The molecular weight excluding hydrogens is 282 g/mol. The number of carbonyl (C=O) groups excluding carboxylic acids is 1. The number of aryl methyl sites for hydroxylation is 2. The molecule has 21 heavy (non-hydrogen) atoms. The number of carbonyl (C=O) groups is 1. The summed E-state index contributed by atoms with van der Waals surface area (Å²) >= 11 is 5.48. The Morgan fingerprint density at radius 1 is 1.00 bits per heavy atom. The van der Waals surface area contributed by atoms with Gasteiger partial charge in [0.1, 0.15) is 5.78 Å². The Kier molecular flexibility index (Phi) is 7.55. The number of rotatable bonds is 4. The average molecular weight is 304 g/mol. The van der Waals surface area contributed by atoms with E-state index in [0.29, 0.717) is 18.7 Å². The monoisotopic (exact) mass is 303 g/mol. The average Bonchev–Trinajstić information content (AvgIpc) is 2.46. The van der Waals surface area contributed by atoms with E-state index in [1.807, 2.05) is 62.4 Å². The highest BCUT2D eigenvalue weighted by Gasteiger charge is 2.04. The quantitative estimate of drug-likeness (QED) is 0.675. The zero-order valence-electron chi connectivity index (χ0n) is 12.6. The summed E-state index contributed by atoms with van der Waals surface area (Å²) in [7, 11) is 0. The third-order valence-corrected chi connectivity index (χ3v) is 3.40. The molecule has 2 aromatic rings. The van der Waals surface area contributed by atoms with Crippen LogP contribution < -0.4 is 5.73 Å². The molecule has 0 saturated carbocycles. The number of para-hydroxylation sites is 1. The van der Waals surface area contributed by atoms with Crippen LogP contribution in [0.3, 0.4) is 0 Å². The van der Waals surface area contributed by atoms with Gasteiger partial charge in [-0.2, -0.15) is 0 Å². The molecule has 0 aliphatic carbocycles. The third-order valence-electron chi connectivity index (χ3n) is 3.21. The van der Waals surface area contributed by atoms with Crippen LogP contribution in [-0.2, 0) is 11.2 Å². The topological polar surface area (TPSA) is 43.1 Å². The van der Waals surface area contributed by atoms with E-state index < -0.39 is 0 Å². The van der Waals surface area contributed by atoms with Crippen molar-refractivity contribution in [1.82, 2.24) is 0 Å². The fourth-order valence-corrected chi connectivity index (χ4v) is 2.01. The highest BCUT2D eigenvalue weighted by Crippen LogP contribution is 2.09. The third kappa shape index (κ3) is 6.46. The van der Waals surface area contributed by atoms with Crippen LogP contribution in [0.1, 0.15) is 23.1 Å². The molecule has 0 atom stereocenters.